The van der Waals surface area contributed by atoms with Gasteiger partial charge in [0, 0.05) is 11.6 Å². The first-order valence-corrected chi connectivity index (χ1v) is 6.59. The normalized spacial score (nSPS) is 22.6. The quantitative estimate of drug-likeness (QED) is 0.759. The van der Waals surface area contributed by atoms with E-state index >= 15 is 0 Å². The van der Waals surface area contributed by atoms with Crippen LogP contribution in [0.5, 0.6) is 0 Å². The number of nitrogens with zero attached hydrogens (tertiary/aromatic N) is 1. The maximum Gasteiger partial charge on any atom is 0.0362 e. The summed E-state index contributed by atoms with van der Waals surface area (Å²) < 4.78 is 0. The molecule has 0 radical (unpaired) electrons. The SMILES string of the molecule is CCN(CC)C1(C(N)C(C)C)CCCC1. The lowest BCUT2D eigenvalue weighted by molar-refractivity contribution is 0.0612. The predicted molar refractivity (Wildman–Crippen MR) is 66.9 cm³/mol. The molecule has 2 heteroatoms. The predicted octanol–water partition coefficient (Wildman–Crippen LogP) is 2.62. The van der Waals surface area contributed by atoms with Crippen molar-refractivity contribution in [2.75, 3.05) is 13.1 Å². The monoisotopic (exact) mass is 212 g/mol. The van der Waals surface area contributed by atoms with Gasteiger partial charge in [0.25, 0.3) is 0 Å². The van der Waals surface area contributed by atoms with Gasteiger partial charge in [-0.05, 0) is 31.8 Å². The Morgan fingerprint density at radius 2 is 1.60 bits per heavy atom. The molecule has 2 nitrogen and oxygen atoms in total. The van der Waals surface area contributed by atoms with Gasteiger partial charge in [0.1, 0.15) is 0 Å². The summed E-state index contributed by atoms with van der Waals surface area (Å²) in [6, 6.07) is 0.333. The third kappa shape index (κ3) is 2.36. The fourth-order valence-electron chi connectivity index (χ4n) is 3.32. The molecule has 0 saturated heterocycles. The summed E-state index contributed by atoms with van der Waals surface area (Å²) in [5.74, 6) is 0.587. The van der Waals surface area contributed by atoms with Crippen LogP contribution < -0.4 is 5.73 Å². The number of nitrogens with two attached hydrogens (primary N) is 1. The van der Waals surface area contributed by atoms with Crippen LogP contribution in [-0.4, -0.2) is 29.6 Å². The second-order valence-electron chi connectivity index (χ2n) is 5.25. The molecule has 0 aromatic rings. The van der Waals surface area contributed by atoms with Gasteiger partial charge in [-0.15, -0.1) is 0 Å². The molecule has 1 saturated carbocycles. The number of hydrogen-bond acceptors (Lipinski definition) is 2. The van der Waals surface area contributed by atoms with Crippen LogP contribution in [0.3, 0.4) is 0 Å². The molecule has 0 spiro atoms. The summed E-state index contributed by atoms with van der Waals surface area (Å²) in [5.41, 5.74) is 6.77. The summed E-state index contributed by atoms with van der Waals surface area (Å²) in [4.78, 5) is 2.60. The van der Waals surface area contributed by atoms with E-state index in [4.69, 9.17) is 5.73 Å². The van der Waals surface area contributed by atoms with Gasteiger partial charge >= 0.3 is 0 Å². The Morgan fingerprint density at radius 1 is 1.13 bits per heavy atom. The molecule has 0 aromatic heterocycles. The van der Waals surface area contributed by atoms with Crippen LogP contribution >= 0.6 is 0 Å². The second kappa shape index (κ2) is 5.31. The first-order valence-electron chi connectivity index (χ1n) is 6.59. The molecule has 1 rings (SSSR count). The highest BCUT2D eigenvalue weighted by atomic mass is 15.2. The van der Waals surface area contributed by atoms with Gasteiger partial charge in [0.2, 0.25) is 0 Å². The molecule has 1 aliphatic rings. The van der Waals surface area contributed by atoms with E-state index in [9.17, 15) is 0 Å². The highest BCUT2D eigenvalue weighted by Crippen LogP contribution is 2.39. The van der Waals surface area contributed by atoms with Crippen molar-refractivity contribution in [1.29, 1.82) is 0 Å². The van der Waals surface area contributed by atoms with E-state index in [1.165, 1.54) is 25.7 Å². The van der Waals surface area contributed by atoms with Crippen molar-refractivity contribution >= 4 is 0 Å². The molecule has 1 fully saturated rings. The van der Waals surface area contributed by atoms with Crippen LogP contribution in [0.25, 0.3) is 0 Å². The van der Waals surface area contributed by atoms with Crippen LogP contribution in [0.4, 0.5) is 0 Å². The molecule has 0 heterocycles. The molecule has 0 aliphatic heterocycles. The van der Waals surface area contributed by atoms with Crippen molar-refractivity contribution in [2.45, 2.75) is 65.0 Å². The topological polar surface area (TPSA) is 29.3 Å². The summed E-state index contributed by atoms with van der Waals surface area (Å²) in [6.07, 6.45) is 5.32. The summed E-state index contributed by atoms with van der Waals surface area (Å²) >= 11 is 0. The van der Waals surface area contributed by atoms with Crippen LogP contribution in [0, 0.1) is 5.92 Å². The molecule has 1 atom stereocenters. The maximum absolute atomic E-state index is 6.47. The molecule has 0 bridgehead atoms. The van der Waals surface area contributed by atoms with Gasteiger partial charge in [-0.2, -0.15) is 0 Å². The standard InChI is InChI=1S/C13H28N2/c1-5-15(6-2)13(9-7-8-10-13)12(14)11(3)4/h11-12H,5-10,14H2,1-4H3. The highest BCUT2D eigenvalue weighted by molar-refractivity contribution is 5.02. The van der Waals surface area contributed by atoms with Crippen LogP contribution in [0.1, 0.15) is 53.4 Å². The third-order valence-electron chi connectivity index (χ3n) is 4.20. The average Bonchev–Trinajstić information content (AvgIpc) is 2.68. The number of hydrogen-bond donors (Lipinski definition) is 1. The Hall–Kier alpha value is -0.0800. The van der Waals surface area contributed by atoms with Crippen molar-refractivity contribution in [1.82, 2.24) is 4.90 Å². The molecule has 0 amide bonds. The van der Waals surface area contributed by atoms with Gasteiger partial charge in [-0.25, -0.2) is 0 Å². The van der Waals surface area contributed by atoms with E-state index in [-0.39, 0.29) is 0 Å². The van der Waals surface area contributed by atoms with Crippen LogP contribution in [0.15, 0.2) is 0 Å². The first-order chi connectivity index (χ1) is 7.08. The Kier molecular flexibility index (Phi) is 4.60. The smallest absolute Gasteiger partial charge is 0.0362 e. The summed E-state index contributed by atoms with van der Waals surface area (Å²) in [5, 5.41) is 0. The van der Waals surface area contributed by atoms with Crippen molar-refractivity contribution < 1.29 is 0 Å². The molecule has 1 aliphatic carbocycles. The largest absolute Gasteiger partial charge is 0.326 e. The van der Waals surface area contributed by atoms with E-state index in [1.807, 2.05) is 0 Å². The van der Waals surface area contributed by atoms with Crippen molar-refractivity contribution in [3.8, 4) is 0 Å². The maximum atomic E-state index is 6.47. The van der Waals surface area contributed by atoms with E-state index in [2.05, 4.69) is 32.6 Å². The summed E-state index contributed by atoms with van der Waals surface area (Å²) in [7, 11) is 0. The average molecular weight is 212 g/mol. The lowest BCUT2D eigenvalue weighted by Crippen LogP contribution is -2.60. The molecule has 1 unspecified atom stereocenters. The van der Waals surface area contributed by atoms with E-state index in [0.717, 1.165) is 13.1 Å². The van der Waals surface area contributed by atoms with Crippen LogP contribution in [-0.2, 0) is 0 Å². The molecule has 15 heavy (non-hydrogen) atoms. The van der Waals surface area contributed by atoms with Gasteiger partial charge in [-0.3, -0.25) is 4.90 Å². The Morgan fingerprint density at radius 3 is 1.93 bits per heavy atom. The van der Waals surface area contributed by atoms with Gasteiger partial charge < -0.3 is 5.73 Å². The highest BCUT2D eigenvalue weighted by Gasteiger charge is 2.44. The second-order valence-corrected chi connectivity index (χ2v) is 5.25. The molecule has 2 N–H and O–H groups in total. The minimum Gasteiger partial charge on any atom is -0.326 e. The van der Waals surface area contributed by atoms with Crippen molar-refractivity contribution in [3.63, 3.8) is 0 Å². The zero-order chi connectivity index (χ0) is 11.5. The number of likely N-dealkylation sites (N-methyl/N-ethyl adjacent to an activating group) is 1. The Balaban J connectivity index is 2.86. The Bertz CT molecular complexity index is 175. The zero-order valence-corrected chi connectivity index (χ0v) is 10.9. The third-order valence-corrected chi connectivity index (χ3v) is 4.20. The van der Waals surface area contributed by atoms with E-state index < -0.39 is 0 Å². The zero-order valence-electron chi connectivity index (χ0n) is 10.9. The fraction of sp³-hybridized carbons (Fsp3) is 1.00. The van der Waals surface area contributed by atoms with E-state index in [1.54, 1.807) is 0 Å². The van der Waals surface area contributed by atoms with Gasteiger partial charge in [-0.1, -0.05) is 40.5 Å². The van der Waals surface area contributed by atoms with Crippen LogP contribution in [0.2, 0.25) is 0 Å². The molecule has 0 aromatic carbocycles. The first kappa shape index (κ1) is 13.0. The molecule has 90 valence electrons. The molecular weight excluding hydrogens is 184 g/mol. The Labute approximate surface area is 95.2 Å². The minimum atomic E-state index is 0.303. The lowest BCUT2D eigenvalue weighted by Gasteiger charge is -2.46. The van der Waals surface area contributed by atoms with Gasteiger partial charge in [0.15, 0.2) is 0 Å². The fourth-order valence-corrected chi connectivity index (χ4v) is 3.32. The van der Waals surface area contributed by atoms with E-state index in [0.29, 0.717) is 17.5 Å². The summed E-state index contributed by atoms with van der Waals surface area (Å²) in [6.45, 7) is 11.3. The molecular formula is C13H28N2. The van der Waals surface area contributed by atoms with Crippen molar-refractivity contribution in [3.05, 3.63) is 0 Å². The minimum absolute atomic E-state index is 0.303. The lowest BCUT2D eigenvalue weighted by atomic mass is 9.80. The van der Waals surface area contributed by atoms with Gasteiger partial charge in [0.05, 0.1) is 0 Å². The number of rotatable bonds is 5. The van der Waals surface area contributed by atoms with Crippen molar-refractivity contribution in [2.24, 2.45) is 11.7 Å².